The van der Waals surface area contributed by atoms with Gasteiger partial charge in [0.1, 0.15) is 5.75 Å². The molecule has 1 amide bonds. The molecule has 1 aliphatic carbocycles. The zero-order valence-electron chi connectivity index (χ0n) is 13.5. The number of amides is 1. The van der Waals surface area contributed by atoms with Gasteiger partial charge < -0.3 is 10.1 Å². The Balaban J connectivity index is 1.78. The lowest BCUT2D eigenvalue weighted by Crippen LogP contribution is -2.54. The topological polar surface area (TPSA) is 85.4 Å². The number of carbonyl (C=O) groups is 1. The normalized spacial score (nSPS) is 15.9. The molecular weight excluding hydrogens is 364 g/mol. The maximum absolute atomic E-state index is 12.5. The number of aromatic nitrogens is 1. The van der Waals surface area contributed by atoms with E-state index in [1.54, 1.807) is 30.3 Å². The van der Waals surface area contributed by atoms with Gasteiger partial charge in [-0.3, -0.25) is 4.79 Å². The van der Waals surface area contributed by atoms with Gasteiger partial charge in [-0.25, -0.2) is 13.4 Å². The number of halogens is 1. The van der Waals surface area contributed by atoms with Gasteiger partial charge in [0, 0.05) is 24.2 Å². The van der Waals surface area contributed by atoms with Gasteiger partial charge in [-0.05, 0) is 37.5 Å². The fourth-order valence-electron chi connectivity index (χ4n) is 2.69. The first-order valence-corrected chi connectivity index (χ1v) is 9.98. The van der Waals surface area contributed by atoms with Crippen LogP contribution in [0.3, 0.4) is 0 Å². The van der Waals surface area contributed by atoms with Crippen LogP contribution in [0.15, 0.2) is 42.6 Å². The molecule has 1 heterocycles. The number of benzene rings is 1. The van der Waals surface area contributed by atoms with Crippen LogP contribution in [0.25, 0.3) is 0 Å². The molecule has 1 aromatic heterocycles. The molecule has 1 aliphatic rings. The number of para-hydroxylation sites is 1. The third-order valence-corrected chi connectivity index (χ3v) is 6.65. The van der Waals surface area contributed by atoms with E-state index in [1.165, 1.54) is 12.3 Å². The SMILES string of the molecule is CS(=O)(=O)C1(C(=O)Nc2ccnc(Oc3ccccc3Cl)c2)CCC1. The number of sulfone groups is 1. The van der Waals surface area contributed by atoms with Crippen molar-refractivity contribution in [3.05, 3.63) is 47.6 Å². The van der Waals surface area contributed by atoms with E-state index in [4.69, 9.17) is 16.3 Å². The van der Waals surface area contributed by atoms with Gasteiger partial charge in [0.05, 0.1) is 5.02 Å². The highest BCUT2D eigenvalue weighted by atomic mass is 35.5. The molecule has 1 aromatic carbocycles. The van der Waals surface area contributed by atoms with Crippen molar-refractivity contribution in [1.29, 1.82) is 0 Å². The highest BCUT2D eigenvalue weighted by Gasteiger charge is 2.52. The largest absolute Gasteiger partial charge is 0.437 e. The molecule has 0 spiro atoms. The molecule has 0 radical (unpaired) electrons. The lowest BCUT2D eigenvalue weighted by molar-refractivity contribution is -0.120. The van der Waals surface area contributed by atoms with Gasteiger partial charge in [0.2, 0.25) is 11.8 Å². The van der Waals surface area contributed by atoms with Crippen molar-refractivity contribution in [2.24, 2.45) is 0 Å². The van der Waals surface area contributed by atoms with Crippen molar-refractivity contribution in [3.63, 3.8) is 0 Å². The van der Waals surface area contributed by atoms with Gasteiger partial charge in [-0.15, -0.1) is 0 Å². The van der Waals surface area contributed by atoms with Crippen molar-refractivity contribution in [2.75, 3.05) is 11.6 Å². The Morgan fingerprint density at radius 3 is 2.60 bits per heavy atom. The summed E-state index contributed by atoms with van der Waals surface area (Å²) in [6, 6.07) is 10.0. The van der Waals surface area contributed by atoms with Crippen LogP contribution >= 0.6 is 11.6 Å². The molecule has 1 saturated carbocycles. The van der Waals surface area contributed by atoms with Crippen LogP contribution in [0.5, 0.6) is 11.6 Å². The average molecular weight is 381 g/mol. The molecule has 0 atom stereocenters. The number of nitrogens with zero attached hydrogens (tertiary/aromatic N) is 1. The van der Waals surface area contributed by atoms with Crippen LogP contribution in [-0.2, 0) is 14.6 Å². The molecule has 8 heteroatoms. The van der Waals surface area contributed by atoms with E-state index in [-0.39, 0.29) is 5.88 Å². The molecule has 1 fully saturated rings. The maximum Gasteiger partial charge on any atom is 0.245 e. The minimum Gasteiger partial charge on any atom is -0.437 e. The number of anilines is 1. The molecule has 132 valence electrons. The standard InChI is InChI=1S/C17H17ClN2O4S/c1-25(22,23)17(8-4-9-17)16(21)20-12-7-10-19-15(11-12)24-14-6-3-2-5-13(14)18/h2-3,5-7,10-11H,4,8-9H2,1H3,(H,19,20,21). The van der Waals surface area contributed by atoms with Crippen molar-refractivity contribution < 1.29 is 17.9 Å². The van der Waals surface area contributed by atoms with E-state index < -0.39 is 20.5 Å². The lowest BCUT2D eigenvalue weighted by atomic mass is 9.83. The summed E-state index contributed by atoms with van der Waals surface area (Å²) in [5.74, 6) is 0.163. The monoisotopic (exact) mass is 380 g/mol. The van der Waals surface area contributed by atoms with Crippen LogP contribution in [0.1, 0.15) is 19.3 Å². The second-order valence-electron chi connectivity index (χ2n) is 5.99. The average Bonchev–Trinajstić information content (AvgIpc) is 2.47. The molecule has 1 N–H and O–H groups in total. The Morgan fingerprint density at radius 2 is 2.00 bits per heavy atom. The molecule has 6 nitrogen and oxygen atoms in total. The number of ether oxygens (including phenoxy) is 1. The Morgan fingerprint density at radius 1 is 1.28 bits per heavy atom. The number of pyridine rings is 1. The quantitative estimate of drug-likeness (QED) is 0.858. The lowest BCUT2D eigenvalue weighted by Gasteiger charge is -2.38. The van der Waals surface area contributed by atoms with Crippen LogP contribution in [0.2, 0.25) is 5.02 Å². The molecule has 3 rings (SSSR count). The van der Waals surface area contributed by atoms with Crippen LogP contribution in [0.4, 0.5) is 5.69 Å². The second kappa shape index (κ2) is 6.65. The van der Waals surface area contributed by atoms with E-state index in [9.17, 15) is 13.2 Å². The minimum absolute atomic E-state index is 0.243. The highest BCUT2D eigenvalue weighted by molar-refractivity contribution is 7.93. The Kier molecular flexibility index (Phi) is 4.71. The predicted molar refractivity (Wildman–Crippen MR) is 95.8 cm³/mol. The smallest absolute Gasteiger partial charge is 0.245 e. The summed E-state index contributed by atoms with van der Waals surface area (Å²) >= 11 is 6.05. The van der Waals surface area contributed by atoms with Crippen LogP contribution in [0, 0.1) is 0 Å². The summed E-state index contributed by atoms with van der Waals surface area (Å²) in [6.07, 6.45) is 3.97. The first kappa shape index (κ1) is 17.7. The molecule has 25 heavy (non-hydrogen) atoms. The predicted octanol–water partition coefficient (Wildman–Crippen LogP) is 3.43. The van der Waals surface area contributed by atoms with Gasteiger partial charge in [-0.2, -0.15) is 0 Å². The van der Waals surface area contributed by atoms with Crippen LogP contribution in [-0.4, -0.2) is 30.3 Å². The summed E-state index contributed by atoms with van der Waals surface area (Å²) in [5.41, 5.74) is 0.414. The number of carbonyl (C=O) groups excluding carboxylic acids is 1. The van der Waals surface area contributed by atoms with Crippen molar-refractivity contribution >= 4 is 33.0 Å². The molecule has 0 aliphatic heterocycles. The van der Waals surface area contributed by atoms with Crippen molar-refractivity contribution in [3.8, 4) is 11.6 Å². The third-order valence-electron chi connectivity index (χ3n) is 4.33. The Hall–Kier alpha value is -2.12. The van der Waals surface area contributed by atoms with Crippen molar-refractivity contribution in [2.45, 2.75) is 24.0 Å². The van der Waals surface area contributed by atoms with Gasteiger partial charge in [0.25, 0.3) is 0 Å². The van der Waals surface area contributed by atoms with Gasteiger partial charge in [0.15, 0.2) is 14.6 Å². The molecule has 0 saturated heterocycles. The summed E-state index contributed by atoms with van der Waals surface area (Å²) in [4.78, 5) is 16.6. The zero-order valence-corrected chi connectivity index (χ0v) is 15.1. The maximum atomic E-state index is 12.5. The van der Waals surface area contributed by atoms with E-state index in [0.717, 1.165) is 12.7 Å². The molecular formula is C17H17ClN2O4S. The Labute approximate surface area is 151 Å². The summed E-state index contributed by atoms with van der Waals surface area (Å²) in [5, 5.41) is 3.10. The number of nitrogens with one attached hydrogen (secondary N) is 1. The van der Waals surface area contributed by atoms with E-state index in [2.05, 4.69) is 10.3 Å². The second-order valence-corrected chi connectivity index (χ2v) is 8.72. The van der Waals surface area contributed by atoms with E-state index in [0.29, 0.717) is 29.3 Å². The van der Waals surface area contributed by atoms with E-state index in [1.807, 2.05) is 0 Å². The highest BCUT2D eigenvalue weighted by Crippen LogP contribution is 2.40. The molecule has 2 aromatic rings. The first-order chi connectivity index (χ1) is 11.8. The third kappa shape index (κ3) is 3.48. The summed E-state index contributed by atoms with van der Waals surface area (Å²) in [6.45, 7) is 0. The zero-order chi connectivity index (χ0) is 18.1. The number of hydrogen-bond donors (Lipinski definition) is 1. The van der Waals surface area contributed by atoms with Crippen molar-refractivity contribution in [1.82, 2.24) is 4.98 Å². The molecule has 0 bridgehead atoms. The number of hydrogen-bond acceptors (Lipinski definition) is 5. The minimum atomic E-state index is -3.49. The van der Waals surface area contributed by atoms with Gasteiger partial charge >= 0.3 is 0 Å². The summed E-state index contributed by atoms with van der Waals surface area (Å²) < 4.78 is 28.3. The Bertz CT molecular complexity index is 910. The fraction of sp³-hybridized carbons (Fsp3) is 0.294. The first-order valence-electron chi connectivity index (χ1n) is 7.71. The molecule has 0 unspecified atom stereocenters. The van der Waals surface area contributed by atoms with Crippen LogP contribution < -0.4 is 10.1 Å². The number of rotatable bonds is 5. The summed E-state index contributed by atoms with van der Waals surface area (Å²) in [7, 11) is -3.49. The fourth-order valence-corrected chi connectivity index (χ4v) is 4.28. The van der Waals surface area contributed by atoms with E-state index >= 15 is 0 Å². The van der Waals surface area contributed by atoms with Gasteiger partial charge in [-0.1, -0.05) is 23.7 Å².